The Balaban J connectivity index is 1.65. The second-order valence-corrected chi connectivity index (χ2v) is 6.79. The van der Waals surface area contributed by atoms with Crippen molar-refractivity contribution in [3.05, 3.63) is 41.5 Å². The number of hydrogen-bond acceptors (Lipinski definition) is 6. The normalized spacial score (nSPS) is 18.0. The van der Waals surface area contributed by atoms with Gasteiger partial charge in [0.15, 0.2) is 12.1 Å². The molecule has 0 radical (unpaired) electrons. The molecule has 1 saturated heterocycles. The van der Waals surface area contributed by atoms with Crippen LogP contribution in [0.4, 0.5) is 5.82 Å². The molecule has 0 amide bonds. The zero-order chi connectivity index (χ0) is 16.4. The Morgan fingerprint density at radius 1 is 1.21 bits per heavy atom. The lowest BCUT2D eigenvalue weighted by molar-refractivity contribution is -0.145. The van der Waals surface area contributed by atoms with E-state index in [0.717, 1.165) is 47.2 Å². The quantitative estimate of drug-likeness (QED) is 0.706. The van der Waals surface area contributed by atoms with Gasteiger partial charge in [0.2, 0.25) is 0 Å². The Labute approximate surface area is 144 Å². The molecule has 1 atom stereocenters. The topological polar surface area (TPSA) is 56.3 Å². The predicted octanol–water partition coefficient (Wildman–Crippen LogP) is 4.54. The van der Waals surface area contributed by atoms with E-state index in [9.17, 15) is 0 Å². The molecule has 3 aromatic rings. The Kier molecular flexibility index (Phi) is 4.42. The van der Waals surface area contributed by atoms with Crippen molar-refractivity contribution in [1.29, 1.82) is 0 Å². The fraction of sp³-hybridized carbons (Fsp3) is 0.333. The summed E-state index contributed by atoms with van der Waals surface area (Å²) in [5.74, 6) is 0.686. The minimum Gasteiger partial charge on any atom is -0.350 e. The van der Waals surface area contributed by atoms with Gasteiger partial charge in [-0.15, -0.1) is 11.3 Å². The highest BCUT2D eigenvalue weighted by atomic mass is 32.1. The monoisotopic (exact) mass is 341 g/mol. The molecule has 0 aliphatic carbocycles. The van der Waals surface area contributed by atoms with Gasteiger partial charge in [0.1, 0.15) is 11.2 Å². The second-order valence-electron chi connectivity index (χ2n) is 5.93. The van der Waals surface area contributed by atoms with Gasteiger partial charge in [0.05, 0.1) is 5.39 Å². The first-order valence-corrected chi connectivity index (χ1v) is 9.02. The summed E-state index contributed by atoms with van der Waals surface area (Å²) < 4.78 is 5.60. The first-order valence-electron chi connectivity index (χ1n) is 8.14. The number of anilines is 1. The Bertz CT molecular complexity index is 826. The molecule has 1 aliphatic heterocycles. The second kappa shape index (κ2) is 6.84. The number of rotatable bonds is 4. The standard InChI is InChI=1S/C18H19N3O2S/c1-12-5-7-13(8-6-12)14-10-24-18-16(14)17(19-11-20-18)21-23-15-4-2-3-9-22-15/h5-8,10-11,15H,2-4,9H2,1H3,(H,19,20,21). The molecule has 3 heterocycles. The third-order valence-electron chi connectivity index (χ3n) is 4.16. The van der Waals surface area contributed by atoms with Gasteiger partial charge in [-0.3, -0.25) is 0 Å². The van der Waals surface area contributed by atoms with Crippen molar-refractivity contribution in [3.63, 3.8) is 0 Å². The van der Waals surface area contributed by atoms with Crippen molar-refractivity contribution in [1.82, 2.24) is 9.97 Å². The van der Waals surface area contributed by atoms with Crippen molar-refractivity contribution < 1.29 is 9.57 Å². The molecule has 2 aromatic heterocycles. The van der Waals surface area contributed by atoms with Crippen LogP contribution in [0.3, 0.4) is 0 Å². The van der Waals surface area contributed by atoms with Crippen molar-refractivity contribution in [2.45, 2.75) is 32.5 Å². The lowest BCUT2D eigenvalue weighted by atomic mass is 10.0. The first kappa shape index (κ1) is 15.5. The number of thiophene rings is 1. The minimum absolute atomic E-state index is 0.217. The maximum atomic E-state index is 5.70. The van der Waals surface area contributed by atoms with Gasteiger partial charge in [-0.05, 0) is 25.3 Å². The Hall–Kier alpha value is -2.02. The van der Waals surface area contributed by atoms with Crippen LogP contribution >= 0.6 is 11.3 Å². The third-order valence-corrected chi connectivity index (χ3v) is 5.04. The molecule has 1 unspecified atom stereocenters. The number of nitrogens with zero attached hydrogens (tertiary/aromatic N) is 2. The summed E-state index contributed by atoms with van der Waals surface area (Å²) in [5, 5.41) is 3.11. The molecule has 124 valence electrons. The molecule has 1 fully saturated rings. The van der Waals surface area contributed by atoms with E-state index in [4.69, 9.17) is 9.57 Å². The van der Waals surface area contributed by atoms with E-state index in [-0.39, 0.29) is 6.29 Å². The summed E-state index contributed by atoms with van der Waals surface area (Å²) in [6, 6.07) is 8.47. The van der Waals surface area contributed by atoms with Gasteiger partial charge >= 0.3 is 0 Å². The zero-order valence-electron chi connectivity index (χ0n) is 13.5. The summed E-state index contributed by atoms with van der Waals surface area (Å²) in [4.78, 5) is 15.4. The predicted molar refractivity (Wildman–Crippen MR) is 95.9 cm³/mol. The molecule has 1 aromatic carbocycles. The molecule has 1 aliphatic rings. The Morgan fingerprint density at radius 2 is 2.08 bits per heavy atom. The molecule has 6 heteroatoms. The van der Waals surface area contributed by atoms with E-state index in [1.807, 2.05) is 0 Å². The van der Waals surface area contributed by atoms with E-state index in [0.29, 0.717) is 5.82 Å². The van der Waals surface area contributed by atoms with Gasteiger partial charge in [-0.25, -0.2) is 20.3 Å². The summed E-state index contributed by atoms with van der Waals surface area (Å²) in [7, 11) is 0. The fourth-order valence-corrected chi connectivity index (χ4v) is 3.74. The van der Waals surface area contributed by atoms with Crippen LogP contribution in [0.15, 0.2) is 36.0 Å². The van der Waals surface area contributed by atoms with Gasteiger partial charge in [-0.2, -0.15) is 0 Å². The van der Waals surface area contributed by atoms with E-state index < -0.39 is 0 Å². The van der Waals surface area contributed by atoms with Crippen LogP contribution in [0.1, 0.15) is 24.8 Å². The number of nitrogens with one attached hydrogen (secondary N) is 1. The number of aromatic nitrogens is 2. The number of ether oxygens (including phenoxy) is 1. The average Bonchev–Trinajstić information content (AvgIpc) is 3.06. The van der Waals surface area contributed by atoms with Gasteiger partial charge in [0, 0.05) is 24.0 Å². The Morgan fingerprint density at radius 3 is 2.88 bits per heavy atom. The minimum atomic E-state index is -0.217. The van der Waals surface area contributed by atoms with Crippen LogP contribution in [0.25, 0.3) is 21.3 Å². The van der Waals surface area contributed by atoms with Crippen LogP contribution < -0.4 is 5.48 Å². The van der Waals surface area contributed by atoms with E-state index >= 15 is 0 Å². The summed E-state index contributed by atoms with van der Waals surface area (Å²) >= 11 is 1.61. The highest BCUT2D eigenvalue weighted by Gasteiger charge is 2.17. The fourth-order valence-electron chi connectivity index (χ4n) is 2.82. The van der Waals surface area contributed by atoms with Crippen molar-refractivity contribution in [3.8, 4) is 11.1 Å². The third kappa shape index (κ3) is 3.13. The van der Waals surface area contributed by atoms with Crippen molar-refractivity contribution in [2.24, 2.45) is 0 Å². The summed E-state index contributed by atoms with van der Waals surface area (Å²) in [6.45, 7) is 2.84. The molecule has 24 heavy (non-hydrogen) atoms. The molecular formula is C18H19N3O2S. The number of benzene rings is 1. The number of fused-ring (bicyclic) bond motifs is 1. The lowest BCUT2D eigenvalue weighted by Gasteiger charge is -2.22. The van der Waals surface area contributed by atoms with Crippen molar-refractivity contribution >= 4 is 27.4 Å². The molecule has 0 saturated carbocycles. The molecule has 0 bridgehead atoms. The van der Waals surface area contributed by atoms with Crippen LogP contribution in [-0.2, 0) is 9.57 Å². The van der Waals surface area contributed by atoms with Gasteiger partial charge in [0.25, 0.3) is 0 Å². The smallest absolute Gasteiger partial charge is 0.183 e. The molecule has 4 rings (SSSR count). The summed E-state index contributed by atoms with van der Waals surface area (Å²) in [5.41, 5.74) is 6.51. The molecule has 5 nitrogen and oxygen atoms in total. The van der Waals surface area contributed by atoms with E-state index in [1.165, 1.54) is 5.56 Å². The number of hydrogen-bond donors (Lipinski definition) is 1. The maximum absolute atomic E-state index is 5.70. The van der Waals surface area contributed by atoms with E-state index in [1.54, 1.807) is 17.7 Å². The zero-order valence-corrected chi connectivity index (χ0v) is 14.3. The van der Waals surface area contributed by atoms with Crippen molar-refractivity contribution in [2.75, 3.05) is 12.1 Å². The molecule has 1 N–H and O–H groups in total. The van der Waals surface area contributed by atoms with Gasteiger partial charge in [-0.1, -0.05) is 29.8 Å². The lowest BCUT2D eigenvalue weighted by Crippen LogP contribution is -2.25. The number of aryl methyl sites for hydroxylation is 1. The SMILES string of the molecule is Cc1ccc(-c2csc3ncnc(NOC4CCCCO4)c23)cc1. The van der Waals surface area contributed by atoms with Crippen LogP contribution in [-0.4, -0.2) is 22.9 Å². The first-order chi connectivity index (χ1) is 11.8. The van der Waals surface area contributed by atoms with Crippen LogP contribution in [0.2, 0.25) is 0 Å². The van der Waals surface area contributed by atoms with E-state index in [2.05, 4.69) is 52.0 Å². The molecular weight excluding hydrogens is 322 g/mol. The van der Waals surface area contributed by atoms with Crippen LogP contribution in [0, 0.1) is 6.92 Å². The largest absolute Gasteiger partial charge is 0.350 e. The highest BCUT2D eigenvalue weighted by molar-refractivity contribution is 7.17. The maximum Gasteiger partial charge on any atom is 0.183 e. The summed E-state index contributed by atoms with van der Waals surface area (Å²) in [6.07, 6.45) is 4.46. The average molecular weight is 341 g/mol. The van der Waals surface area contributed by atoms with Gasteiger partial charge < -0.3 is 4.74 Å². The molecule has 0 spiro atoms. The van der Waals surface area contributed by atoms with Crippen LogP contribution in [0.5, 0.6) is 0 Å². The highest BCUT2D eigenvalue weighted by Crippen LogP contribution is 2.36.